The van der Waals surface area contributed by atoms with Crippen molar-refractivity contribution in [2.45, 2.75) is 37.1 Å². The second-order valence-electron chi connectivity index (χ2n) is 8.34. The van der Waals surface area contributed by atoms with Gasteiger partial charge in [0.15, 0.2) is 6.10 Å². The van der Waals surface area contributed by atoms with Crippen LogP contribution in [0, 0.1) is 0 Å². The lowest BCUT2D eigenvalue weighted by molar-refractivity contribution is -0.289. The Hall–Kier alpha value is -3.55. The van der Waals surface area contributed by atoms with E-state index in [-0.39, 0.29) is 22.7 Å². The summed E-state index contributed by atoms with van der Waals surface area (Å²) in [6.45, 7) is -1.81. The Morgan fingerprint density at radius 1 is 0.692 bits per heavy atom. The number of alkyl halides is 11. The molecule has 0 spiro atoms. The van der Waals surface area contributed by atoms with Crippen LogP contribution in [0.15, 0.2) is 72.8 Å². The van der Waals surface area contributed by atoms with Crippen LogP contribution in [0.3, 0.4) is 0 Å². The summed E-state index contributed by atoms with van der Waals surface area (Å²) in [5.41, 5.74) is -2.81. The highest BCUT2D eigenvalue weighted by Gasteiger charge is 2.58. The van der Waals surface area contributed by atoms with Crippen molar-refractivity contribution in [1.82, 2.24) is 0 Å². The van der Waals surface area contributed by atoms with Gasteiger partial charge in [0.1, 0.15) is 11.5 Å². The van der Waals surface area contributed by atoms with Gasteiger partial charge in [0.05, 0.1) is 12.1 Å². The van der Waals surface area contributed by atoms with Gasteiger partial charge in [-0.05, 0) is 42.0 Å². The largest absolute Gasteiger partial charge is 0.458 e. The summed E-state index contributed by atoms with van der Waals surface area (Å²) < 4.78 is 150. The molecule has 0 amide bonds. The Bertz CT molecular complexity index is 1270. The lowest BCUT2D eigenvalue weighted by Gasteiger charge is -2.29. The number of aliphatic hydroxyl groups excluding tert-OH is 1. The molecule has 212 valence electrons. The van der Waals surface area contributed by atoms with Gasteiger partial charge in [-0.1, -0.05) is 30.3 Å². The quantitative estimate of drug-likeness (QED) is 0.277. The van der Waals surface area contributed by atoms with Crippen molar-refractivity contribution in [3.05, 3.63) is 89.5 Å². The van der Waals surface area contributed by atoms with Gasteiger partial charge < -0.3 is 14.7 Å². The Labute approximate surface area is 214 Å². The van der Waals surface area contributed by atoms with Crippen molar-refractivity contribution in [1.29, 1.82) is 0 Å². The minimum absolute atomic E-state index is 0.101. The molecule has 0 aliphatic carbocycles. The van der Waals surface area contributed by atoms with Crippen molar-refractivity contribution >= 4 is 5.69 Å². The first-order chi connectivity index (χ1) is 17.9. The second-order valence-corrected chi connectivity index (χ2v) is 8.34. The van der Waals surface area contributed by atoms with E-state index in [0.29, 0.717) is 18.2 Å². The van der Waals surface area contributed by atoms with Gasteiger partial charge >= 0.3 is 24.5 Å². The van der Waals surface area contributed by atoms with E-state index in [1.54, 1.807) is 0 Å². The number of hydrogen-bond donors (Lipinski definition) is 1. The summed E-state index contributed by atoms with van der Waals surface area (Å²) in [4.78, 5) is 0.849. The van der Waals surface area contributed by atoms with Crippen molar-refractivity contribution < 1.29 is 58.1 Å². The zero-order chi connectivity index (χ0) is 29.2. The van der Waals surface area contributed by atoms with Crippen molar-refractivity contribution in [3.63, 3.8) is 0 Å². The molecule has 14 heteroatoms. The van der Waals surface area contributed by atoms with Crippen LogP contribution < -0.4 is 9.64 Å². The third-order valence-corrected chi connectivity index (χ3v) is 5.37. The molecular weight excluding hydrogens is 555 g/mol. The minimum atomic E-state index is -5.92. The van der Waals surface area contributed by atoms with Gasteiger partial charge in [0.2, 0.25) is 0 Å². The van der Waals surface area contributed by atoms with Crippen molar-refractivity contribution in [2.24, 2.45) is 0 Å². The van der Waals surface area contributed by atoms with Crippen LogP contribution in [0.4, 0.5) is 54.0 Å². The summed E-state index contributed by atoms with van der Waals surface area (Å²) in [6.07, 6.45) is -18.6. The van der Waals surface area contributed by atoms with Crippen LogP contribution in [-0.4, -0.2) is 30.1 Å². The predicted octanol–water partition coefficient (Wildman–Crippen LogP) is 8.08. The predicted molar refractivity (Wildman–Crippen MR) is 117 cm³/mol. The highest BCUT2D eigenvalue weighted by atomic mass is 19.4. The molecule has 0 heterocycles. The zero-order valence-electron chi connectivity index (χ0n) is 19.4. The Morgan fingerprint density at radius 3 is 1.85 bits per heavy atom. The number of ether oxygens (including phenoxy) is 1. The maximum atomic E-state index is 13.8. The standard InChI is InChI=1S/C25H18F11NO2/c26-22(27,25(34,35)36)16-5-1-4-15(10-16)13-37(14-21(38)24(31,32)33)18-7-3-9-20(12-18)39-19-8-2-6-17(11-19)23(28,29)30/h1-12,21,38H,13-14H2/t21-/m1/s1. The number of halogens is 11. The molecule has 3 aromatic rings. The number of anilines is 1. The smallest absolute Gasteiger partial charge is 0.457 e. The third kappa shape index (κ3) is 7.52. The number of rotatable bonds is 8. The SMILES string of the molecule is O[C@H](CN(Cc1cccc(C(F)(F)C(F)(F)F)c1)c1cccc(Oc2cccc(C(F)(F)F)c2)c1)C(F)(F)F. The van der Waals surface area contributed by atoms with E-state index >= 15 is 0 Å². The van der Waals surface area contributed by atoms with E-state index in [1.807, 2.05) is 0 Å². The fourth-order valence-electron chi connectivity index (χ4n) is 3.44. The molecule has 1 atom stereocenters. The zero-order valence-corrected chi connectivity index (χ0v) is 19.4. The molecule has 0 aliphatic rings. The van der Waals surface area contributed by atoms with Crippen LogP contribution in [-0.2, 0) is 18.6 Å². The molecule has 39 heavy (non-hydrogen) atoms. The molecule has 3 aromatic carbocycles. The van der Waals surface area contributed by atoms with Crippen LogP contribution in [0.2, 0.25) is 0 Å². The van der Waals surface area contributed by atoms with Crippen LogP contribution in [0.25, 0.3) is 0 Å². The molecule has 0 fully saturated rings. The molecule has 0 saturated heterocycles. The van der Waals surface area contributed by atoms with Gasteiger partial charge in [-0.25, -0.2) is 0 Å². The summed E-state index contributed by atoms with van der Waals surface area (Å²) in [7, 11) is 0. The first kappa shape index (κ1) is 30.0. The Kier molecular flexibility index (Phi) is 8.39. The van der Waals surface area contributed by atoms with Crippen molar-refractivity contribution in [2.75, 3.05) is 11.4 Å². The molecule has 1 N–H and O–H groups in total. The van der Waals surface area contributed by atoms with E-state index in [4.69, 9.17) is 4.74 Å². The lowest BCUT2D eigenvalue weighted by Crippen LogP contribution is -2.41. The summed E-state index contributed by atoms with van der Waals surface area (Å²) in [5.74, 6) is -5.63. The third-order valence-electron chi connectivity index (χ3n) is 5.37. The Morgan fingerprint density at radius 2 is 1.26 bits per heavy atom. The topological polar surface area (TPSA) is 32.7 Å². The molecule has 0 radical (unpaired) electrons. The first-order valence-electron chi connectivity index (χ1n) is 10.9. The Balaban J connectivity index is 1.95. The molecule has 0 saturated carbocycles. The van der Waals surface area contributed by atoms with E-state index < -0.39 is 54.8 Å². The average Bonchev–Trinajstić information content (AvgIpc) is 2.82. The fraction of sp³-hybridized carbons (Fsp3) is 0.280. The number of benzene rings is 3. The number of nitrogens with zero attached hydrogens (tertiary/aromatic N) is 1. The molecule has 3 nitrogen and oxygen atoms in total. The molecule has 0 unspecified atom stereocenters. The maximum absolute atomic E-state index is 13.8. The molecule has 3 rings (SSSR count). The van der Waals surface area contributed by atoms with Gasteiger partial charge in [0, 0.05) is 23.9 Å². The lowest BCUT2D eigenvalue weighted by atomic mass is 10.0. The summed E-state index contributed by atoms with van der Waals surface area (Å²) in [5, 5.41) is 9.62. The highest BCUT2D eigenvalue weighted by molar-refractivity contribution is 5.52. The maximum Gasteiger partial charge on any atom is 0.458 e. The number of aliphatic hydroxyl groups is 1. The van der Waals surface area contributed by atoms with Crippen LogP contribution >= 0.6 is 0 Å². The highest BCUT2D eigenvalue weighted by Crippen LogP contribution is 2.44. The van der Waals surface area contributed by atoms with Gasteiger partial charge in [-0.3, -0.25) is 0 Å². The van der Waals surface area contributed by atoms with E-state index in [1.165, 1.54) is 24.3 Å². The van der Waals surface area contributed by atoms with Crippen molar-refractivity contribution in [3.8, 4) is 11.5 Å². The average molecular weight is 573 g/mol. The monoisotopic (exact) mass is 573 g/mol. The first-order valence-corrected chi connectivity index (χ1v) is 10.9. The fourth-order valence-corrected chi connectivity index (χ4v) is 3.44. The van der Waals surface area contributed by atoms with E-state index in [0.717, 1.165) is 35.2 Å². The van der Waals surface area contributed by atoms with E-state index in [9.17, 15) is 53.4 Å². The molecule has 0 bridgehead atoms. The van der Waals surface area contributed by atoms with Crippen LogP contribution in [0.1, 0.15) is 16.7 Å². The van der Waals surface area contributed by atoms with Gasteiger partial charge in [-0.2, -0.15) is 48.3 Å². The second kappa shape index (κ2) is 10.9. The molecule has 0 aliphatic heterocycles. The number of hydrogen-bond acceptors (Lipinski definition) is 3. The summed E-state index contributed by atoms with van der Waals surface area (Å²) in [6, 6.07) is 11.6. The molecular formula is C25H18F11NO2. The normalized spacial score (nSPS) is 13.7. The molecule has 0 aromatic heterocycles. The summed E-state index contributed by atoms with van der Waals surface area (Å²) >= 11 is 0. The van der Waals surface area contributed by atoms with Gasteiger partial charge in [0.25, 0.3) is 0 Å². The van der Waals surface area contributed by atoms with E-state index in [2.05, 4.69) is 0 Å². The van der Waals surface area contributed by atoms with Crippen LogP contribution in [0.5, 0.6) is 11.5 Å². The van der Waals surface area contributed by atoms with Gasteiger partial charge in [-0.15, -0.1) is 0 Å². The minimum Gasteiger partial charge on any atom is -0.457 e.